The Balaban J connectivity index is 3.49. The van der Waals surface area contributed by atoms with E-state index in [0.717, 1.165) is 0 Å². The Morgan fingerprint density at radius 2 is 2.10 bits per heavy atom. The van der Waals surface area contributed by atoms with Crippen molar-refractivity contribution < 1.29 is 25.9 Å². The lowest BCUT2D eigenvalue weighted by atomic mass is 10.9. The molecule has 0 saturated heterocycles. The lowest BCUT2D eigenvalue weighted by molar-refractivity contribution is 0.315. The van der Waals surface area contributed by atoms with Crippen molar-refractivity contribution >= 4 is 21.5 Å². The van der Waals surface area contributed by atoms with Crippen molar-refractivity contribution in [2.24, 2.45) is 0 Å². The zero-order valence-corrected chi connectivity index (χ0v) is 6.35. The van der Waals surface area contributed by atoms with Crippen LogP contribution in [0.25, 0.3) is 0 Å². The van der Waals surface area contributed by atoms with Gasteiger partial charge >= 0.3 is 0 Å². The molecule has 0 aromatic carbocycles. The van der Waals surface area contributed by atoms with Crippen molar-refractivity contribution in [2.75, 3.05) is 12.4 Å². The molecule has 0 aliphatic heterocycles. The van der Waals surface area contributed by atoms with E-state index >= 15 is 0 Å². The Kier molecular flexibility index (Phi) is 3.98. The second kappa shape index (κ2) is 3.98. The van der Waals surface area contributed by atoms with Crippen LogP contribution >= 0.6 is 0 Å². The third-order valence-corrected chi connectivity index (χ3v) is 1.56. The summed E-state index contributed by atoms with van der Waals surface area (Å²) in [7, 11) is -4.12. The van der Waals surface area contributed by atoms with E-state index in [1.54, 1.807) is 0 Å². The molecule has 0 amide bonds. The van der Waals surface area contributed by atoms with Crippen LogP contribution in [0.15, 0.2) is 0 Å². The molecule has 0 heterocycles. The van der Waals surface area contributed by atoms with Gasteiger partial charge in [-0.25, -0.2) is 4.21 Å². The topological polar surface area (TPSA) is 104 Å². The van der Waals surface area contributed by atoms with Crippen molar-refractivity contribution in [3.05, 3.63) is 0 Å². The van der Waals surface area contributed by atoms with Gasteiger partial charge in [-0.1, -0.05) is 0 Å². The maximum Gasteiger partial charge on any atom is 0.267 e. The van der Waals surface area contributed by atoms with Crippen molar-refractivity contribution in [3.8, 4) is 0 Å². The Labute approximate surface area is 60.4 Å². The highest BCUT2D eigenvalue weighted by atomic mass is 32.2. The fourth-order valence-corrected chi connectivity index (χ4v) is 0.826. The zero-order chi connectivity index (χ0) is 8.20. The molecule has 0 fully saturated rings. The van der Waals surface area contributed by atoms with Gasteiger partial charge < -0.3 is 4.55 Å². The summed E-state index contributed by atoms with van der Waals surface area (Å²) in [4.78, 5) is 0. The van der Waals surface area contributed by atoms with Gasteiger partial charge in [0.2, 0.25) is 0 Å². The van der Waals surface area contributed by atoms with Crippen molar-refractivity contribution in [2.45, 2.75) is 0 Å². The van der Waals surface area contributed by atoms with Gasteiger partial charge in [0.1, 0.15) is 5.75 Å². The summed E-state index contributed by atoms with van der Waals surface area (Å²) in [5.74, 6) is -0.721. The quantitative estimate of drug-likeness (QED) is 0.434. The van der Waals surface area contributed by atoms with Crippen LogP contribution in [-0.2, 0) is 25.7 Å². The first kappa shape index (κ1) is 9.98. The van der Waals surface area contributed by atoms with Crippen LogP contribution < -0.4 is 0 Å². The van der Waals surface area contributed by atoms with Crippen LogP contribution in [0.3, 0.4) is 0 Å². The Morgan fingerprint density at radius 1 is 1.60 bits per heavy atom. The van der Waals surface area contributed by atoms with Crippen LogP contribution in [0.4, 0.5) is 0 Å². The molecule has 0 aromatic heterocycles. The normalized spacial score (nSPS) is 15.0. The van der Waals surface area contributed by atoms with Crippen molar-refractivity contribution in [3.63, 3.8) is 0 Å². The molecule has 1 atom stereocenters. The maximum atomic E-state index is 9.89. The standard InChI is InChI=1S/C2H6O6S2/c3-9(4)8-1-2-10(5,6)7/h1-2H2,(H,3,4)(H,5,6,7)/p-1. The molecule has 0 aliphatic rings. The molecule has 62 valence electrons. The highest BCUT2D eigenvalue weighted by Gasteiger charge is 2.02. The Bertz CT molecular complexity index is 204. The summed E-state index contributed by atoms with van der Waals surface area (Å²) >= 11 is -2.73. The molecular formula is C2H5O6S2-. The summed E-state index contributed by atoms with van der Waals surface area (Å²) in [5, 5.41) is 0. The Morgan fingerprint density at radius 3 is 2.40 bits per heavy atom. The largest absolute Gasteiger partial charge is 0.750 e. The number of hydrogen-bond donors (Lipinski definition) is 1. The molecule has 0 saturated carbocycles. The molecule has 0 bridgehead atoms. The van der Waals surface area contributed by atoms with E-state index < -0.39 is 33.8 Å². The highest BCUT2D eigenvalue weighted by molar-refractivity contribution is 7.85. The van der Waals surface area contributed by atoms with E-state index in [1.165, 1.54) is 0 Å². The van der Waals surface area contributed by atoms with Gasteiger partial charge in [-0.2, -0.15) is 8.42 Å². The SMILES string of the molecule is O=S([O-])OCCS(=O)(=O)O. The van der Waals surface area contributed by atoms with E-state index in [2.05, 4.69) is 4.18 Å². The third kappa shape index (κ3) is 7.98. The van der Waals surface area contributed by atoms with Crippen molar-refractivity contribution in [1.82, 2.24) is 0 Å². The molecule has 1 N–H and O–H groups in total. The van der Waals surface area contributed by atoms with Crippen LogP contribution in [0.1, 0.15) is 0 Å². The summed E-state index contributed by atoms with van der Waals surface area (Å²) in [6.45, 7) is -0.561. The van der Waals surface area contributed by atoms with Gasteiger partial charge in [0.15, 0.2) is 0 Å². The van der Waals surface area contributed by atoms with Gasteiger partial charge in [0.05, 0.1) is 18.0 Å². The van der Waals surface area contributed by atoms with E-state index in [4.69, 9.17) is 4.55 Å². The summed E-state index contributed by atoms with van der Waals surface area (Å²) in [5.41, 5.74) is 0. The van der Waals surface area contributed by atoms with Crippen LogP contribution in [0.2, 0.25) is 0 Å². The average Bonchev–Trinajstić information content (AvgIpc) is 1.59. The predicted octanol–water partition coefficient (Wildman–Crippen LogP) is -1.32. The van der Waals surface area contributed by atoms with E-state index in [0.29, 0.717) is 0 Å². The van der Waals surface area contributed by atoms with Gasteiger partial charge in [-0.3, -0.25) is 8.74 Å². The molecule has 0 aromatic rings. The van der Waals surface area contributed by atoms with Crippen LogP contribution in [-0.4, -0.2) is 34.1 Å². The fraction of sp³-hybridized carbons (Fsp3) is 1.00. The molecule has 0 radical (unpaired) electrons. The Hall–Kier alpha value is -0.0200. The molecule has 0 rings (SSSR count). The number of hydrogen-bond acceptors (Lipinski definition) is 5. The van der Waals surface area contributed by atoms with E-state index in [1.807, 2.05) is 0 Å². The monoisotopic (exact) mass is 189 g/mol. The molecule has 1 unspecified atom stereocenters. The van der Waals surface area contributed by atoms with Crippen molar-refractivity contribution in [1.29, 1.82) is 0 Å². The van der Waals surface area contributed by atoms with Gasteiger partial charge in [0, 0.05) is 0 Å². The van der Waals surface area contributed by atoms with E-state index in [-0.39, 0.29) is 0 Å². The predicted molar refractivity (Wildman–Crippen MR) is 31.3 cm³/mol. The maximum absolute atomic E-state index is 9.89. The van der Waals surface area contributed by atoms with Gasteiger partial charge in [-0.05, 0) is 0 Å². The minimum atomic E-state index is -4.12. The summed E-state index contributed by atoms with van der Waals surface area (Å²) < 4.78 is 50.8. The number of rotatable bonds is 4. The summed E-state index contributed by atoms with van der Waals surface area (Å²) in [6, 6.07) is 0. The smallest absolute Gasteiger partial charge is 0.267 e. The first-order valence-electron chi connectivity index (χ1n) is 2.09. The van der Waals surface area contributed by atoms with E-state index in [9.17, 15) is 17.2 Å². The summed E-state index contributed by atoms with van der Waals surface area (Å²) in [6.07, 6.45) is 0. The lowest BCUT2D eigenvalue weighted by Crippen LogP contribution is -2.11. The first-order valence-corrected chi connectivity index (χ1v) is 4.70. The molecule has 10 heavy (non-hydrogen) atoms. The van der Waals surface area contributed by atoms with Crippen LogP contribution in [0, 0.1) is 0 Å². The highest BCUT2D eigenvalue weighted by Crippen LogP contribution is 1.84. The molecule has 0 spiro atoms. The fourth-order valence-electron chi connectivity index (χ4n) is 0.207. The van der Waals surface area contributed by atoms with Gasteiger partial charge in [-0.15, -0.1) is 0 Å². The second-order valence-electron chi connectivity index (χ2n) is 1.31. The van der Waals surface area contributed by atoms with Crippen LogP contribution in [0.5, 0.6) is 0 Å². The zero-order valence-electron chi connectivity index (χ0n) is 4.72. The lowest BCUT2D eigenvalue weighted by Gasteiger charge is -2.02. The minimum absolute atomic E-state index is 0.561. The third-order valence-electron chi connectivity index (χ3n) is 0.521. The minimum Gasteiger partial charge on any atom is -0.750 e. The molecule has 6 nitrogen and oxygen atoms in total. The molecule has 0 aliphatic carbocycles. The first-order chi connectivity index (χ1) is 4.42. The second-order valence-corrected chi connectivity index (χ2v) is 3.53. The van der Waals surface area contributed by atoms with Gasteiger partial charge in [0.25, 0.3) is 10.1 Å². The molecule has 8 heteroatoms. The molecular weight excluding hydrogens is 184 g/mol. The average molecular weight is 189 g/mol.